The number of nitrogens with one attached hydrogen (secondary N) is 4. The summed E-state index contributed by atoms with van der Waals surface area (Å²) in [6, 6.07) is -12.3. The highest BCUT2D eigenvalue weighted by Gasteiger charge is 2.45. The molecule has 23 nitrogen and oxygen atoms in total. The van der Waals surface area contributed by atoms with Crippen LogP contribution in [0, 0.1) is 41.4 Å². The number of amides is 11. The number of aliphatic hydroxyl groups is 1. The SMILES string of the molecule is C/C=C/CC(C)[C@H](O)[C@@H]1C(=O)N[C@@H](CC)C(=O)N(C)CC(=O)N(C)[C@@H](CC(C)C)C(=O)NC(C(C)C)C(=O)N(C)[C@@H](CC(C)C)C(=O)N[C@H](C)C(=O)N[C@H](C)C(=O)N(C)[C@H](CC(C)C)C(=O)N(C)[C@H](CC(C)C)C(=O)N(C)[C@@H](C(C)C)C(=O)N1C. The molecule has 12 atom stereocenters. The van der Waals surface area contributed by atoms with Gasteiger partial charge < -0.3 is 60.7 Å². The number of nitrogens with zero attached hydrogens (tertiary/aromatic N) is 7. The van der Waals surface area contributed by atoms with Gasteiger partial charge in [-0.05, 0) is 101 Å². The minimum absolute atomic E-state index is 0.0229. The van der Waals surface area contributed by atoms with Crippen molar-refractivity contribution in [2.75, 3.05) is 55.9 Å². The maximum Gasteiger partial charge on any atom is 0.246 e. The molecule has 0 aromatic heterocycles. The second-order valence-corrected chi connectivity index (χ2v) is 26.1. The van der Waals surface area contributed by atoms with Crippen LogP contribution in [0.25, 0.3) is 0 Å². The molecular formula is C62H111N11O12. The average Bonchev–Trinajstić information content (AvgIpc) is 3.62. The molecule has 0 bridgehead atoms. The van der Waals surface area contributed by atoms with Gasteiger partial charge in [0.05, 0.1) is 12.6 Å². The summed E-state index contributed by atoms with van der Waals surface area (Å²) in [5.41, 5.74) is 0. The number of aliphatic hydroxyl groups excluding tert-OH is 1. The normalized spacial score (nSPS) is 26.9. The molecule has 0 aromatic rings. The Bertz CT molecular complexity index is 2330. The number of carbonyl (C=O) groups is 11. The highest BCUT2D eigenvalue weighted by atomic mass is 16.3. The largest absolute Gasteiger partial charge is 0.390 e. The van der Waals surface area contributed by atoms with E-state index >= 15 is 9.59 Å². The van der Waals surface area contributed by atoms with Crippen LogP contribution in [0.4, 0.5) is 0 Å². The third-order valence-corrected chi connectivity index (χ3v) is 16.1. The van der Waals surface area contributed by atoms with Crippen LogP contribution in [0.15, 0.2) is 12.2 Å². The third-order valence-electron chi connectivity index (χ3n) is 16.1. The van der Waals surface area contributed by atoms with Crippen molar-refractivity contribution in [1.29, 1.82) is 0 Å². The van der Waals surface area contributed by atoms with Crippen molar-refractivity contribution in [3.63, 3.8) is 0 Å². The molecule has 2 unspecified atom stereocenters. The predicted octanol–water partition coefficient (Wildman–Crippen LogP) is 3.27. The molecule has 1 aliphatic rings. The van der Waals surface area contributed by atoms with Crippen molar-refractivity contribution in [3.05, 3.63) is 12.2 Å². The lowest BCUT2D eigenvalue weighted by atomic mass is 9.91. The smallest absolute Gasteiger partial charge is 0.246 e. The van der Waals surface area contributed by atoms with Gasteiger partial charge in [-0.2, -0.15) is 0 Å². The Morgan fingerprint density at radius 1 is 0.459 bits per heavy atom. The van der Waals surface area contributed by atoms with Crippen LogP contribution >= 0.6 is 0 Å². The van der Waals surface area contributed by atoms with Crippen molar-refractivity contribution >= 4 is 65.0 Å². The van der Waals surface area contributed by atoms with E-state index in [1.54, 1.807) is 54.5 Å². The third kappa shape index (κ3) is 21.7. The lowest BCUT2D eigenvalue weighted by Gasteiger charge is -2.41. The van der Waals surface area contributed by atoms with Crippen LogP contribution in [-0.4, -0.2) is 227 Å². The molecule has 1 saturated heterocycles. The Balaban J connectivity index is 4.32. The topological polar surface area (TPSA) is 279 Å². The second kappa shape index (κ2) is 34.9. The summed E-state index contributed by atoms with van der Waals surface area (Å²) >= 11 is 0. The van der Waals surface area contributed by atoms with Crippen LogP contribution in [0.3, 0.4) is 0 Å². The monoisotopic (exact) mass is 1200 g/mol. The molecule has 0 aromatic carbocycles. The first kappa shape index (κ1) is 76.9. The van der Waals surface area contributed by atoms with E-state index in [4.69, 9.17) is 0 Å². The van der Waals surface area contributed by atoms with E-state index in [0.29, 0.717) is 6.42 Å². The van der Waals surface area contributed by atoms with Gasteiger partial charge in [-0.3, -0.25) is 52.7 Å². The Kier molecular flexibility index (Phi) is 31.5. The summed E-state index contributed by atoms with van der Waals surface area (Å²) in [7, 11) is 9.92. The van der Waals surface area contributed by atoms with Crippen LogP contribution in [0.5, 0.6) is 0 Å². The number of hydrogen-bond acceptors (Lipinski definition) is 12. The minimum atomic E-state index is -1.61. The molecule has 1 aliphatic heterocycles. The summed E-state index contributed by atoms with van der Waals surface area (Å²) in [4.78, 5) is 169. The van der Waals surface area contributed by atoms with Gasteiger partial charge in [-0.1, -0.05) is 109 Å². The van der Waals surface area contributed by atoms with Gasteiger partial charge in [-0.25, -0.2) is 0 Å². The standard InChI is InChI=1S/C62H111N11O12/c1-25-27-28-40(15)52(75)51-56(79)65-43(26-2)58(81)67(18)33-48(74)68(19)44(29-34(3)4)55(78)66-49(38(11)12)61(84)69(20)45(30-35(5)6)54(77)63-41(16)53(76)64-42(17)57(80)70(21)46(31-36(7)8)59(82)71(22)47(32-37(9)10)60(83)72(23)50(39(13)14)62(85)73(51)24/h25,27,34-47,49-52,75H,26,28-33H2,1-24H3,(H,63,77)(H,64,76)(H,65,79)(H,66,78)/b27-25+/t40?,41-,42-,43+,44+,45+,46-,47-,49?,50+,51-,52+/m1/s1. The molecule has 0 aliphatic carbocycles. The molecular weight excluding hydrogens is 1090 g/mol. The van der Waals surface area contributed by atoms with Gasteiger partial charge in [0.15, 0.2) is 0 Å². The number of allylic oxidation sites excluding steroid dienone is 2. The van der Waals surface area contributed by atoms with Crippen LogP contribution in [-0.2, 0) is 52.7 Å². The van der Waals surface area contributed by atoms with E-state index in [9.17, 15) is 48.3 Å². The van der Waals surface area contributed by atoms with Crippen LogP contribution in [0.1, 0.15) is 156 Å². The van der Waals surface area contributed by atoms with Crippen LogP contribution in [0.2, 0.25) is 0 Å². The fraction of sp³-hybridized carbons (Fsp3) is 0.790. The lowest BCUT2D eigenvalue weighted by Crippen LogP contribution is -2.63. The maximum absolute atomic E-state index is 15.1. The second-order valence-electron chi connectivity index (χ2n) is 26.1. The average molecular weight is 1200 g/mol. The molecule has 1 heterocycles. The lowest BCUT2D eigenvalue weighted by molar-refractivity contribution is -0.157. The number of carbonyl (C=O) groups excluding carboxylic acids is 11. The van der Waals surface area contributed by atoms with Crippen molar-refractivity contribution in [2.45, 2.75) is 223 Å². The van der Waals surface area contributed by atoms with Gasteiger partial charge in [0.1, 0.15) is 60.4 Å². The molecule has 0 radical (unpaired) electrons. The maximum atomic E-state index is 15.1. The van der Waals surface area contributed by atoms with E-state index in [-0.39, 0.29) is 55.8 Å². The molecule has 11 amide bonds. The van der Waals surface area contributed by atoms with Crippen molar-refractivity contribution in [2.24, 2.45) is 41.4 Å². The van der Waals surface area contributed by atoms with Crippen LogP contribution < -0.4 is 21.3 Å². The van der Waals surface area contributed by atoms with Gasteiger partial charge in [0.25, 0.3) is 0 Å². The summed E-state index contributed by atoms with van der Waals surface area (Å²) in [6.45, 7) is 29.3. The molecule has 1 fully saturated rings. The van der Waals surface area contributed by atoms with E-state index in [0.717, 1.165) is 9.80 Å². The Morgan fingerprint density at radius 2 is 0.871 bits per heavy atom. The predicted molar refractivity (Wildman–Crippen MR) is 328 cm³/mol. The quantitative estimate of drug-likeness (QED) is 0.148. The molecule has 23 heteroatoms. The zero-order chi connectivity index (χ0) is 66.0. The van der Waals surface area contributed by atoms with Gasteiger partial charge in [0, 0.05) is 49.3 Å². The molecule has 85 heavy (non-hydrogen) atoms. The fourth-order valence-corrected chi connectivity index (χ4v) is 10.7. The highest BCUT2D eigenvalue weighted by Crippen LogP contribution is 2.26. The zero-order valence-corrected chi connectivity index (χ0v) is 56.1. The van der Waals surface area contributed by atoms with E-state index in [1.807, 2.05) is 61.5 Å². The van der Waals surface area contributed by atoms with E-state index in [2.05, 4.69) is 21.3 Å². The van der Waals surface area contributed by atoms with Gasteiger partial charge in [-0.15, -0.1) is 0 Å². The summed E-state index contributed by atoms with van der Waals surface area (Å²) in [6.07, 6.45) is 3.04. The number of likely N-dealkylation sites (N-methyl/N-ethyl adjacent to an activating group) is 7. The Hall–Kier alpha value is -6.13. The van der Waals surface area contributed by atoms with E-state index < -0.39 is 156 Å². The summed E-state index contributed by atoms with van der Waals surface area (Å²) in [5.74, 6) is -9.71. The zero-order valence-electron chi connectivity index (χ0n) is 56.1. The first-order valence-corrected chi connectivity index (χ1v) is 30.6. The molecule has 0 spiro atoms. The fourth-order valence-electron chi connectivity index (χ4n) is 10.7. The van der Waals surface area contributed by atoms with Crippen molar-refractivity contribution in [1.82, 2.24) is 55.6 Å². The Labute approximate surface area is 508 Å². The number of rotatable bonds is 15. The molecule has 0 saturated carbocycles. The van der Waals surface area contributed by atoms with Crippen molar-refractivity contribution in [3.8, 4) is 0 Å². The summed E-state index contributed by atoms with van der Waals surface area (Å²) in [5, 5.41) is 23.1. The van der Waals surface area contributed by atoms with Gasteiger partial charge >= 0.3 is 0 Å². The Morgan fingerprint density at radius 3 is 1.32 bits per heavy atom. The minimum Gasteiger partial charge on any atom is -0.390 e. The molecule has 1 rings (SSSR count). The first-order valence-electron chi connectivity index (χ1n) is 30.6. The first-order chi connectivity index (χ1) is 39.2. The van der Waals surface area contributed by atoms with E-state index in [1.165, 1.54) is 87.7 Å². The highest BCUT2D eigenvalue weighted by molar-refractivity contribution is 5.99. The van der Waals surface area contributed by atoms with Gasteiger partial charge in [0.2, 0.25) is 65.0 Å². The van der Waals surface area contributed by atoms with Crippen molar-refractivity contribution < 1.29 is 57.8 Å². The number of hydrogen-bond donors (Lipinski definition) is 5. The molecule has 486 valence electrons. The summed E-state index contributed by atoms with van der Waals surface area (Å²) < 4.78 is 0. The molecule has 5 N–H and O–H groups in total.